The molecule has 2 saturated heterocycles. The number of aliphatic hydroxyl groups excluding tert-OH is 1. The van der Waals surface area contributed by atoms with E-state index in [1.54, 1.807) is 0 Å². The summed E-state index contributed by atoms with van der Waals surface area (Å²) in [6.45, 7) is 2.91. The Hall–Kier alpha value is -5.61. The number of nitrogens with one attached hydrogen (secondary N) is 1. The number of ether oxygens (including phenoxy) is 9. The summed E-state index contributed by atoms with van der Waals surface area (Å²) in [4.78, 5) is 13.4. The van der Waals surface area contributed by atoms with Crippen molar-refractivity contribution in [1.82, 2.24) is 5.32 Å². The third kappa shape index (κ3) is 14.2. The van der Waals surface area contributed by atoms with Crippen molar-refractivity contribution in [3.8, 4) is 0 Å². The van der Waals surface area contributed by atoms with Crippen molar-refractivity contribution in [3.63, 3.8) is 0 Å². The lowest BCUT2D eigenvalue weighted by molar-refractivity contribution is -0.358. The molecule has 2 heterocycles. The first kappa shape index (κ1) is 48.8. The summed E-state index contributed by atoms with van der Waals surface area (Å²) < 4.78 is 60.4. The van der Waals surface area contributed by atoms with Crippen LogP contribution in [-0.4, -0.2) is 85.6 Å². The van der Waals surface area contributed by atoms with Crippen LogP contribution < -0.4 is 5.32 Å². The highest BCUT2D eigenvalue weighted by Crippen LogP contribution is 2.35. The van der Waals surface area contributed by atoms with E-state index in [9.17, 15) is 9.90 Å². The van der Waals surface area contributed by atoms with Crippen molar-refractivity contribution in [1.29, 1.82) is 0 Å². The van der Waals surface area contributed by atoms with Crippen molar-refractivity contribution < 1.29 is 52.5 Å². The van der Waals surface area contributed by atoms with Crippen LogP contribution in [0.1, 0.15) is 40.3 Å². The van der Waals surface area contributed by atoms with Gasteiger partial charge in [-0.15, -0.1) is 0 Å². The Balaban J connectivity index is 1.16. The van der Waals surface area contributed by atoms with Gasteiger partial charge in [0.25, 0.3) is 0 Å². The van der Waals surface area contributed by atoms with E-state index in [1.165, 1.54) is 6.92 Å². The maximum Gasteiger partial charge on any atom is 0.217 e. The molecule has 0 aromatic heterocycles. The van der Waals surface area contributed by atoms with Gasteiger partial charge in [0.15, 0.2) is 12.6 Å². The van der Waals surface area contributed by atoms with Crippen LogP contribution >= 0.6 is 0 Å². The van der Waals surface area contributed by atoms with Crippen molar-refractivity contribution in [3.05, 3.63) is 215 Å². The number of amides is 1. The maximum absolute atomic E-state index is 13.4. The molecular formula is C56H61NO11. The van der Waals surface area contributed by atoms with Crippen LogP contribution in [0.3, 0.4) is 0 Å². The number of carbonyl (C=O) groups is 1. The van der Waals surface area contributed by atoms with Gasteiger partial charge in [-0.25, -0.2) is 0 Å². The normalized spacial score (nSPS) is 24.9. The molecule has 0 bridgehead atoms. The molecule has 356 valence electrons. The topological polar surface area (TPSA) is 132 Å². The minimum Gasteiger partial charge on any atom is -0.374 e. The Labute approximate surface area is 399 Å². The molecule has 6 aromatic carbocycles. The van der Waals surface area contributed by atoms with Gasteiger partial charge in [0.2, 0.25) is 5.91 Å². The monoisotopic (exact) mass is 923 g/mol. The van der Waals surface area contributed by atoms with E-state index in [2.05, 4.69) is 5.32 Å². The Morgan fingerprint density at radius 1 is 0.441 bits per heavy atom. The third-order valence-corrected chi connectivity index (χ3v) is 11.8. The quantitative estimate of drug-likeness (QED) is 0.0647. The second-order valence-corrected chi connectivity index (χ2v) is 17.0. The van der Waals surface area contributed by atoms with Crippen molar-refractivity contribution in [2.45, 2.75) is 108 Å². The smallest absolute Gasteiger partial charge is 0.217 e. The van der Waals surface area contributed by atoms with Gasteiger partial charge in [0.05, 0.1) is 52.9 Å². The Bertz CT molecular complexity index is 2330. The Kier molecular flexibility index (Phi) is 18.4. The fraction of sp³-hybridized carbons (Fsp3) is 0.339. The van der Waals surface area contributed by atoms with Gasteiger partial charge in [0.1, 0.15) is 48.8 Å². The van der Waals surface area contributed by atoms with E-state index in [4.69, 9.17) is 42.6 Å². The Morgan fingerprint density at radius 2 is 0.765 bits per heavy atom. The second kappa shape index (κ2) is 25.7. The molecule has 2 fully saturated rings. The SMILES string of the molecule is CC(=O)N[C@H]1[C@@H](O[C@@H]2[C@@H](OCc3ccccc3)[C@H](O)O[C@H](COCc3ccccc3)[C@H]2OCc2ccccc2)O[C@H](COCc2ccccc2)[C@@H](OCc2ccccc2)[C@@H]1OCc1ccccc1. The van der Waals surface area contributed by atoms with Gasteiger partial charge in [-0.1, -0.05) is 182 Å². The van der Waals surface area contributed by atoms with Gasteiger partial charge >= 0.3 is 0 Å². The third-order valence-electron chi connectivity index (χ3n) is 11.8. The van der Waals surface area contributed by atoms with Gasteiger partial charge in [-0.3, -0.25) is 4.79 Å². The molecular weight excluding hydrogens is 863 g/mol. The molecule has 2 aliphatic rings. The van der Waals surface area contributed by atoms with E-state index in [-0.39, 0.29) is 45.5 Å². The lowest BCUT2D eigenvalue weighted by Crippen LogP contribution is -2.69. The zero-order valence-corrected chi connectivity index (χ0v) is 38.3. The molecule has 12 nitrogen and oxygen atoms in total. The molecule has 8 rings (SSSR count). The zero-order valence-electron chi connectivity index (χ0n) is 38.3. The van der Waals surface area contributed by atoms with Crippen LogP contribution in [0, 0.1) is 0 Å². The molecule has 6 aromatic rings. The van der Waals surface area contributed by atoms with E-state index in [0.717, 1.165) is 33.4 Å². The maximum atomic E-state index is 13.4. The average molecular weight is 924 g/mol. The molecule has 12 heteroatoms. The van der Waals surface area contributed by atoms with E-state index >= 15 is 0 Å². The molecule has 0 radical (unpaired) electrons. The summed E-state index contributed by atoms with van der Waals surface area (Å²) in [7, 11) is 0. The molecule has 2 aliphatic heterocycles. The highest BCUT2D eigenvalue weighted by molar-refractivity contribution is 5.73. The fourth-order valence-corrected chi connectivity index (χ4v) is 8.46. The van der Waals surface area contributed by atoms with Crippen LogP contribution in [0.5, 0.6) is 0 Å². The second-order valence-electron chi connectivity index (χ2n) is 17.0. The summed E-state index contributed by atoms with van der Waals surface area (Å²) in [6.07, 6.45) is -8.96. The molecule has 1 amide bonds. The van der Waals surface area contributed by atoms with Gasteiger partial charge < -0.3 is 53.1 Å². The predicted octanol–water partition coefficient (Wildman–Crippen LogP) is 8.09. The van der Waals surface area contributed by atoms with Crippen LogP contribution in [0.4, 0.5) is 0 Å². The first-order valence-electron chi connectivity index (χ1n) is 23.2. The van der Waals surface area contributed by atoms with Crippen LogP contribution in [0.15, 0.2) is 182 Å². The highest BCUT2D eigenvalue weighted by Gasteiger charge is 2.54. The van der Waals surface area contributed by atoms with Crippen LogP contribution in [0.2, 0.25) is 0 Å². The van der Waals surface area contributed by atoms with Gasteiger partial charge in [-0.2, -0.15) is 0 Å². The number of rotatable bonds is 23. The van der Waals surface area contributed by atoms with Gasteiger partial charge in [0, 0.05) is 6.92 Å². The zero-order chi connectivity index (χ0) is 46.8. The minimum absolute atomic E-state index is 0.0471. The minimum atomic E-state index is -1.48. The standard InChI is InChI=1S/C56H61NO11/c1-40(58)57-49-52(64-36-45-28-16-6-17-29-45)50(62-34-43-24-12-4-13-25-43)48(39-61-33-42-22-10-3-11-23-42)67-56(49)68-53-51(63-35-44-26-14-5-15-27-44)47(38-60-32-41-20-8-2-9-21-41)66-55(59)54(53)65-37-46-30-18-7-19-31-46/h2-31,47-56,59H,32-39H2,1H3,(H,57,58)/t47-,48-,49-,50-,51-,52-,53+,54-,55-,56-/m1/s1. The van der Waals surface area contributed by atoms with E-state index < -0.39 is 61.3 Å². The predicted molar refractivity (Wildman–Crippen MR) is 254 cm³/mol. The summed E-state index contributed by atoms with van der Waals surface area (Å²) in [5.74, 6) is -0.339. The van der Waals surface area contributed by atoms with Crippen molar-refractivity contribution in [2.75, 3.05) is 13.2 Å². The summed E-state index contributed by atoms with van der Waals surface area (Å²) in [6, 6.07) is 57.8. The number of carbonyl (C=O) groups excluding carboxylic acids is 1. The van der Waals surface area contributed by atoms with E-state index in [0.29, 0.717) is 13.2 Å². The number of aliphatic hydroxyl groups is 1. The number of benzene rings is 6. The number of hydrogen-bond acceptors (Lipinski definition) is 11. The number of hydrogen-bond donors (Lipinski definition) is 2. The van der Waals surface area contributed by atoms with Crippen LogP contribution in [0.25, 0.3) is 0 Å². The molecule has 68 heavy (non-hydrogen) atoms. The Morgan fingerprint density at radius 3 is 1.15 bits per heavy atom. The van der Waals surface area contributed by atoms with E-state index in [1.807, 2.05) is 182 Å². The first-order valence-corrected chi connectivity index (χ1v) is 23.2. The highest BCUT2D eigenvalue weighted by atomic mass is 16.7. The lowest BCUT2D eigenvalue weighted by atomic mass is 9.94. The van der Waals surface area contributed by atoms with Crippen molar-refractivity contribution >= 4 is 5.91 Å². The molecule has 0 saturated carbocycles. The molecule has 0 spiro atoms. The molecule has 0 aliphatic carbocycles. The summed E-state index contributed by atoms with van der Waals surface area (Å²) in [5, 5.41) is 15.1. The first-order chi connectivity index (χ1) is 33.5. The molecule has 2 N–H and O–H groups in total. The van der Waals surface area contributed by atoms with Crippen LogP contribution in [-0.2, 0) is 87.1 Å². The molecule has 10 atom stereocenters. The average Bonchev–Trinajstić information content (AvgIpc) is 3.37. The summed E-state index contributed by atoms with van der Waals surface area (Å²) >= 11 is 0. The molecule has 0 unspecified atom stereocenters. The largest absolute Gasteiger partial charge is 0.374 e. The lowest BCUT2D eigenvalue weighted by Gasteiger charge is -2.50. The van der Waals surface area contributed by atoms with Crippen molar-refractivity contribution in [2.24, 2.45) is 0 Å². The van der Waals surface area contributed by atoms with Gasteiger partial charge in [-0.05, 0) is 33.4 Å². The fourth-order valence-electron chi connectivity index (χ4n) is 8.46. The summed E-state index contributed by atoms with van der Waals surface area (Å²) in [5.41, 5.74) is 5.62.